The monoisotopic (exact) mass is 280 g/mol. The van der Waals surface area contributed by atoms with Crippen molar-refractivity contribution in [3.63, 3.8) is 0 Å². The largest absolute Gasteiger partial charge is 0.465 e. The Hall–Kier alpha value is -1.49. The Kier molecular flexibility index (Phi) is 5.47. The van der Waals surface area contributed by atoms with Crippen molar-refractivity contribution in [1.29, 1.82) is 0 Å². The van der Waals surface area contributed by atoms with Gasteiger partial charge in [-0.3, -0.25) is 4.79 Å². The van der Waals surface area contributed by atoms with E-state index < -0.39 is 0 Å². The van der Waals surface area contributed by atoms with E-state index in [1.54, 1.807) is 12.1 Å². The van der Waals surface area contributed by atoms with Gasteiger partial charge in [-0.1, -0.05) is 6.92 Å². The molecule has 0 bridgehead atoms. The Morgan fingerprint density at radius 2 is 2.35 bits per heavy atom. The van der Waals surface area contributed by atoms with Crippen LogP contribution in [-0.2, 0) is 0 Å². The summed E-state index contributed by atoms with van der Waals surface area (Å²) in [6, 6.07) is 3.33. The van der Waals surface area contributed by atoms with Crippen LogP contribution in [0.15, 0.2) is 16.5 Å². The van der Waals surface area contributed by atoms with Gasteiger partial charge in [-0.25, -0.2) is 0 Å². The van der Waals surface area contributed by atoms with Gasteiger partial charge in [-0.05, 0) is 44.8 Å². The highest BCUT2D eigenvalue weighted by atomic mass is 16.6. The first-order valence-electron chi connectivity index (χ1n) is 7.46. The molecular weight excluding hydrogens is 256 g/mol. The molecule has 1 atom stereocenters. The van der Waals surface area contributed by atoms with Crippen molar-refractivity contribution in [3.05, 3.63) is 17.9 Å². The van der Waals surface area contributed by atoms with Gasteiger partial charge in [0.25, 0.3) is 11.9 Å². The smallest absolute Gasteiger partial charge is 0.287 e. The standard InChI is InChI=1S/C15H24N2O3/c1-3-17-9-5-6-12(11-17)10-16-15(18)13-7-8-14(20-13)19-4-2/h7-8,12H,3-6,9-11H2,1-2H3,(H,16,18)/t12-/m0/s1. The summed E-state index contributed by atoms with van der Waals surface area (Å²) < 4.78 is 10.5. The number of likely N-dealkylation sites (tertiary alicyclic amines) is 1. The highest BCUT2D eigenvalue weighted by molar-refractivity contribution is 5.91. The van der Waals surface area contributed by atoms with Crippen LogP contribution in [0, 0.1) is 5.92 Å². The summed E-state index contributed by atoms with van der Waals surface area (Å²) in [6.45, 7) is 8.63. The number of carbonyl (C=O) groups excluding carboxylic acids is 1. The summed E-state index contributed by atoms with van der Waals surface area (Å²) in [4.78, 5) is 14.4. The number of nitrogens with one attached hydrogen (secondary N) is 1. The van der Waals surface area contributed by atoms with Crippen molar-refractivity contribution < 1.29 is 13.9 Å². The number of amides is 1. The topological polar surface area (TPSA) is 54.7 Å². The van der Waals surface area contributed by atoms with E-state index in [9.17, 15) is 4.79 Å². The lowest BCUT2D eigenvalue weighted by Crippen LogP contribution is -2.40. The molecule has 1 aliphatic heterocycles. The van der Waals surface area contributed by atoms with E-state index in [0.29, 0.717) is 30.8 Å². The molecule has 5 heteroatoms. The van der Waals surface area contributed by atoms with E-state index in [1.165, 1.54) is 19.4 Å². The number of nitrogens with zero attached hydrogens (tertiary/aromatic N) is 1. The Labute approximate surface area is 120 Å². The second-order valence-electron chi connectivity index (χ2n) is 5.16. The molecule has 112 valence electrons. The molecule has 1 N–H and O–H groups in total. The molecule has 5 nitrogen and oxygen atoms in total. The third-order valence-electron chi connectivity index (χ3n) is 3.69. The van der Waals surface area contributed by atoms with Crippen molar-refractivity contribution in [1.82, 2.24) is 10.2 Å². The molecule has 0 unspecified atom stereocenters. The summed E-state index contributed by atoms with van der Waals surface area (Å²) in [5.74, 6) is 1.09. The minimum Gasteiger partial charge on any atom is -0.465 e. The minimum atomic E-state index is -0.162. The highest BCUT2D eigenvalue weighted by Crippen LogP contribution is 2.17. The molecule has 0 radical (unpaired) electrons. The number of furan rings is 1. The number of carbonyl (C=O) groups is 1. The molecule has 1 aromatic heterocycles. The van der Waals surface area contributed by atoms with Gasteiger partial charge in [0.1, 0.15) is 0 Å². The molecule has 20 heavy (non-hydrogen) atoms. The van der Waals surface area contributed by atoms with Gasteiger partial charge in [-0.2, -0.15) is 0 Å². The van der Waals surface area contributed by atoms with Crippen LogP contribution in [0.1, 0.15) is 37.2 Å². The molecule has 0 saturated carbocycles. The van der Waals surface area contributed by atoms with Crippen molar-refractivity contribution in [3.8, 4) is 5.95 Å². The maximum Gasteiger partial charge on any atom is 0.287 e. The van der Waals surface area contributed by atoms with E-state index in [0.717, 1.165) is 13.1 Å². The third kappa shape index (κ3) is 4.00. The van der Waals surface area contributed by atoms with Gasteiger partial charge in [0.05, 0.1) is 6.61 Å². The summed E-state index contributed by atoms with van der Waals surface area (Å²) in [7, 11) is 0. The summed E-state index contributed by atoms with van der Waals surface area (Å²) in [6.07, 6.45) is 2.39. The average molecular weight is 280 g/mol. The van der Waals surface area contributed by atoms with Crippen LogP contribution in [0.4, 0.5) is 0 Å². The molecule has 1 aromatic rings. The summed E-state index contributed by atoms with van der Waals surface area (Å²) in [5, 5.41) is 2.95. The van der Waals surface area contributed by atoms with Crippen molar-refractivity contribution >= 4 is 5.91 Å². The fourth-order valence-electron chi connectivity index (χ4n) is 2.59. The quantitative estimate of drug-likeness (QED) is 0.867. The number of piperidine rings is 1. The lowest BCUT2D eigenvalue weighted by atomic mass is 9.98. The fraction of sp³-hybridized carbons (Fsp3) is 0.667. The molecule has 1 aliphatic rings. The first kappa shape index (κ1) is 14.9. The van der Waals surface area contributed by atoms with Crippen molar-refractivity contribution in [2.75, 3.05) is 32.8 Å². The van der Waals surface area contributed by atoms with E-state index in [-0.39, 0.29) is 5.91 Å². The molecule has 0 spiro atoms. The van der Waals surface area contributed by atoms with Crippen LogP contribution >= 0.6 is 0 Å². The van der Waals surface area contributed by atoms with Crippen LogP contribution in [-0.4, -0.2) is 43.6 Å². The minimum absolute atomic E-state index is 0.162. The molecule has 0 aromatic carbocycles. The second-order valence-corrected chi connectivity index (χ2v) is 5.16. The maximum absolute atomic E-state index is 12.0. The molecule has 1 saturated heterocycles. The fourth-order valence-corrected chi connectivity index (χ4v) is 2.59. The van der Waals surface area contributed by atoms with Crippen LogP contribution < -0.4 is 10.1 Å². The molecule has 2 rings (SSSR count). The van der Waals surface area contributed by atoms with E-state index in [4.69, 9.17) is 9.15 Å². The molecule has 1 amide bonds. The molecule has 1 fully saturated rings. The SMILES string of the molecule is CCOc1ccc(C(=O)NC[C@@H]2CCCN(CC)C2)o1. The summed E-state index contributed by atoms with van der Waals surface area (Å²) >= 11 is 0. The number of rotatable bonds is 6. The summed E-state index contributed by atoms with van der Waals surface area (Å²) in [5.41, 5.74) is 0. The van der Waals surface area contributed by atoms with E-state index >= 15 is 0 Å². The Balaban J connectivity index is 1.79. The number of ether oxygens (including phenoxy) is 1. The van der Waals surface area contributed by atoms with E-state index in [2.05, 4.69) is 17.1 Å². The Bertz CT molecular complexity index is 431. The van der Waals surface area contributed by atoms with Crippen LogP contribution in [0.25, 0.3) is 0 Å². The zero-order valence-corrected chi connectivity index (χ0v) is 12.4. The maximum atomic E-state index is 12.0. The van der Waals surface area contributed by atoms with Gasteiger partial charge >= 0.3 is 0 Å². The normalized spacial score (nSPS) is 19.8. The van der Waals surface area contributed by atoms with Gasteiger partial charge in [-0.15, -0.1) is 0 Å². The van der Waals surface area contributed by atoms with Gasteiger partial charge in [0.15, 0.2) is 5.76 Å². The zero-order chi connectivity index (χ0) is 14.4. The van der Waals surface area contributed by atoms with Gasteiger partial charge < -0.3 is 19.4 Å². The second kappa shape index (κ2) is 7.33. The molecular formula is C15H24N2O3. The average Bonchev–Trinajstić information content (AvgIpc) is 2.94. The van der Waals surface area contributed by atoms with E-state index in [1.807, 2.05) is 6.92 Å². The van der Waals surface area contributed by atoms with Crippen LogP contribution in [0.2, 0.25) is 0 Å². The number of hydrogen-bond donors (Lipinski definition) is 1. The third-order valence-corrected chi connectivity index (χ3v) is 3.69. The van der Waals surface area contributed by atoms with Crippen LogP contribution in [0.3, 0.4) is 0 Å². The van der Waals surface area contributed by atoms with Crippen molar-refractivity contribution in [2.45, 2.75) is 26.7 Å². The first-order chi connectivity index (χ1) is 9.72. The Morgan fingerprint density at radius 1 is 1.50 bits per heavy atom. The Morgan fingerprint density at radius 3 is 3.10 bits per heavy atom. The predicted molar refractivity (Wildman–Crippen MR) is 77.0 cm³/mol. The lowest BCUT2D eigenvalue weighted by Gasteiger charge is -2.31. The van der Waals surface area contributed by atoms with Crippen LogP contribution in [0.5, 0.6) is 5.95 Å². The molecule has 2 heterocycles. The highest BCUT2D eigenvalue weighted by Gasteiger charge is 2.20. The zero-order valence-electron chi connectivity index (χ0n) is 12.4. The van der Waals surface area contributed by atoms with Gasteiger partial charge in [0.2, 0.25) is 0 Å². The predicted octanol–water partition coefficient (Wildman–Crippen LogP) is 2.14. The number of hydrogen-bond acceptors (Lipinski definition) is 4. The molecule has 0 aliphatic carbocycles. The lowest BCUT2D eigenvalue weighted by molar-refractivity contribution is 0.0898. The van der Waals surface area contributed by atoms with Crippen molar-refractivity contribution in [2.24, 2.45) is 5.92 Å². The van der Waals surface area contributed by atoms with Gasteiger partial charge in [0, 0.05) is 19.2 Å². The first-order valence-corrected chi connectivity index (χ1v) is 7.46.